The van der Waals surface area contributed by atoms with Crippen LogP contribution in [0.3, 0.4) is 0 Å². The molecule has 0 aromatic heterocycles. The van der Waals surface area contributed by atoms with Crippen molar-refractivity contribution >= 4 is 19.7 Å². The summed E-state index contributed by atoms with van der Waals surface area (Å²) in [6, 6.07) is -0.855. The first kappa shape index (κ1) is 80.5. The molecule has 3 unspecified atom stereocenters. The van der Waals surface area contributed by atoms with Gasteiger partial charge in [-0.25, -0.2) is 4.57 Å². The molecule has 0 aliphatic rings. The first-order valence-corrected chi connectivity index (χ1v) is 36.8. The lowest BCUT2D eigenvalue weighted by molar-refractivity contribution is -0.870. The lowest BCUT2D eigenvalue weighted by atomic mass is 10.0. The number of carbonyl (C=O) groups is 2. The summed E-state index contributed by atoms with van der Waals surface area (Å²) in [7, 11) is 1.49. The monoisotopic (exact) mass is 1180 g/mol. The number of amides is 1. The van der Waals surface area contributed by atoms with Crippen LogP contribution in [0.15, 0.2) is 72.9 Å². The van der Waals surface area contributed by atoms with E-state index in [0.29, 0.717) is 17.4 Å². The molecule has 3 atom stereocenters. The van der Waals surface area contributed by atoms with Gasteiger partial charge in [0.2, 0.25) is 5.91 Å². The smallest absolute Gasteiger partial charge is 0.456 e. The zero-order valence-corrected chi connectivity index (χ0v) is 56.3. The number of nitrogens with zero attached hydrogens (tertiary/aromatic N) is 1. The second-order valence-corrected chi connectivity index (χ2v) is 26.5. The fourth-order valence-electron chi connectivity index (χ4n) is 10.2. The second-order valence-electron chi connectivity index (χ2n) is 25.0. The molecule has 1 amide bonds. The fourth-order valence-corrected chi connectivity index (χ4v) is 10.9. The Hall–Kier alpha value is -2.55. The predicted octanol–water partition coefficient (Wildman–Crippen LogP) is 22.3. The van der Waals surface area contributed by atoms with Crippen molar-refractivity contribution in [1.82, 2.24) is 5.32 Å². The lowest BCUT2D eigenvalue weighted by Crippen LogP contribution is -2.47. The van der Waals surface area contributed by atoms with E-state index in [2.05, 4.69) is 86.8 Å². The van der Waals surface area contributed by atoms with E-state index in [9.17, 15) is 19.0 Å². The van der Waals surface area contributed by atoms with Gasteiger partial charge in [0.1, 0.15) is 19.3 Å². The van der Waals surface area contributed by atoms with Gasteiger partial charge in [0.15, 0.2) is 0 Å². The Morgan fingerprint density at radius 3 is 1.13 bits per heavy atom. The van der Waals surface area contributed by atoms with E-state index < -0.39 is 20.0 Å². The molecule has 0 heterocycles. The van der Waals surface area contributed by atoms with E-state index in [1.54, 1.807) is 0 Å². The minimum Gasteiger partial charge on any atom is -0.456 e. The largest absolute Gasteiger partial charge is 0.472 e. The molecule has 2 N–H and O–H groups in total. The van der Waals surface area contributed by atoms with E-state index in [1.165, 1.54) is 205 Å². The third-order valence-corrected chi connectivity index (χ3v) is 16.6. The zero-order valence-electron chi connectivity index (χ0n) is 55.4. The molecule has 0 saturated heterocycles. The number of nitrogens with one attached hydrogen (secondary N) is 1. The maximum absolute atomic E-state index is 13.6. The molecule has 0 aromatic carbocycles. The average molecular weight is 1180 g/mol. The van der Waals surface area contributed by atoms with Gasteiger partial charge in [-0.15, -0.1) is 0 Å². The van der Waals surface area contributed by atoms with Crippen LogP contribution < -0.4 is 5.32 Å². The van der Waals surface area contributed by atoms with E-state index in [0.717, 1.165) is 89.9 Å². The van der Waals surface area contributed by atoms with Gasteiger partial charge >= 0.3 is 13.8 Å². The van der Waals surface area contributed by atoms with Crippen LogP contribution in [0.5, 0.6) is 0 Å². The van der Waals surface area contributed by atoms with Crippen LogP contribution in [0.2, 0.25) is 0 Å². The topological polar surface area (TPSA) is 111 Å². The standard InChI is InChI=1S/C73H135N2O7P/c1-7-10-13-16-19-22-25-27-29-31-33-35-37-39-41-43-45-47-50-53-56-59-62-65-72(76)74-70(69-81-83(78,79)80-68-67-75(4,5)6)71(64-61-58-55-52-49-24-21-18-15-12-9-3)82-73(77)66-63-60-57-54-51-48-46-44-42-40-38-36-34-32-30-28-26-23-20-17-14-11-8-2/h20,23,27-30,34,36,40,42,61,64,70-71H,7-19,21-22,24-26,31-33,35,37-39,41,43-60,62-63,65-69H2,1-6H3,(H-,74,76,78,79)/p+1/b23-20-,29-27+,30-28-,36-34-,42-40-,64-61+. The summed E-state index contributed by atoms with van der Waals surface area (Å²) >= 11 is 0. The normalized spacial score (nSPS) is 14.0. The van der Waals surface area contributed by atoms with Gasteiger partial charge < -0.3 is 19.4 Å². The summed E-state index contributed by atoms with van der Waals surface area (Å²) in [6.07, 6.45) is 82.0. The van der Waals surface area contributed by atoms with Crippen molar-refractivity contribution in [1.29, 1.82) is 0 Å². The van der Waals surface area contributed by atoms with Gasteiger partial charge in [-0.05, 0) is 102 Å². The van der Waals surface area contributed by atoms with Crippen LogP contribution in [0.4, 0.5) is 0 Å². The maximum atomic E-state index is 13.6. The van der Waals surface area contributed by atoms with Gasteiger partial charge in [-0.1, -0.05) is 287 Å². The number of hydrogen-bond acceptors (Lipinski definition) is 6. The molecule has 484 valence electrons. The highest BCUT2D eigenvalue weighted by atomic mass is 31.2. The molecule has 0 aromatic rings. The Balaban J connectivity index is 5.07. The summed E-state index contributed by atoms with van der Waals surface area (Å²) in [5.74, 6) is -0.509. The van der Waals surface area contributed by atoms with Crippen LogP contribution in [-0.2, 0) is 27.9 Å². The van der Waals surface area contributed by atoms with Crippen molar-refractivity contribution in [2.45, 2.75) is 341 Å². The van der Waals surface area contributed by atoms with Gasteiger partial charge in [0.25, 0.3) is 0 Å². The van der Waals surface area contributed by atoms with E-state index in [-0.39, 0.29) is 31.5 Å². The Labute approximate surface area is 514 Å². The molecule has 10 heteroatoms. The Morgan fingerprint density at radius 1 is 0.422 bits per heavy atom. The van der Waals surface area contributed by atoms with Crippen molar-refractivity contribution in [3.05, 3.63) is 72.9 Å². The highest BCUT2D eigenvalue weighted by Gasteiger charge is 2.30. The summed E-state index contributed by atoms with van der Waals surface area (Å²) < 4.78 is 30.8. The van der Waals surface area contributed by atoms with Gasteiger partial charge in [-0.3, -0.25) is 18.6 Å². The number of phosphoric acid groups is 1. The lowest BCUT2D eigenvalue weighted by Gasteiger charge is -2.27. The number of quaternary nitrogens is 1. The molecule has 0 rings (SSSR count). The molecule has 0 radical (unpaired) electrons. The molecule has 0 saturated carbocycles. The molecule has 0 aliphatic heterocycles. The van der Waals surface area contributed by atoms with Crippen LogP contribution >= 0.6 is 7.82 Å². The van der Waals surface area contributed by atoms with Crippen LogP contribution in [0.25, 0.3) is 0 Å². The summed E-state index contributed by atoms with van der Waals surface area (Å²) in [5, 5.41) is 3.07. The quantitative estimate of drug-likeness (QED) is 0.0205. The second kappa shape index (κ2) is 62.5. The van der Waals surface area contributed by atoms with Crippen LogP contribution in [0.1, 0.15) is 329 Å². The minimum absolute atomic E-state index is 0.0370. The third kappa shape index (κ3) is 63.8. The van der Waals surface area contributed by atoms with Crippen LogP contribution in [0, 0.1) is 0 Å². The number of carbonyl (C=O) groups excluding carboxylic acids is 2. The third-order valence-electron chi connectivity index (χ3n) is 15.6. The van der Waals surface area contributed by atoms with Crippen molar-refractivity contribution in [3.63, 3.8) is 0 Å². The first-order chi connectivity index (χ1) is 40.4. The molecular formula is C73H136N2O7P+. The van der Waals surface area contributed by atoms with Gasteiger partial charge in [-0.2, -0.15) is 0 Å². The fraction of sp³-hybridized carbons (Fsp3) is 0.808. The molecule has 9 nitrogen and oxygen atoms in total. The molecule has 83 heavy (non-hydrogen) atoms. The predicted molar refractivity (Wildman–Crippen MR) is 360 cm³/mol. The number of likely N-dealkylation sites (N-methyl/N-ethyl adjacent to an activating group) is 1. The van der Waals surface area contributed by atoms with Gasteiger partial charge in [0, 0.05) is 12.8 Å². The Morgan fingerprint density at radius 2 is 0.735 bits per heavy atom. The molecule has 0 aliphatic carbocycles. The summed E-state index contributed by atoms with van der Waals surface area (Å²) in [6.45, 7) is 7.00. The number of rotatable bonds is 64. The SMILES string of the molecule is CCCCC/C=C\C/C=C\C/C=C\C/C=C\CCCCCCCCCC(=O)OC(/C=C/CCCCCCCCCCC)C(COP(=O)(O)OCC[N+](C)(C)C)NC(=O)CCCCCCCCCCCCCCC/C=C/CCCCCCCC. The van der Waals surface area contributed by atoms with Gasteiger partial charge in [0.05, 0.1) is 33.8 Å². The highest BCUT2D eigenvalue weighted by molar-refractivity contribution is 7.47. The number of unbranched alkanes of at least 4 members (excludes halogenated alkanes) is 38. The van der Waals surface area contributed by atoms with Crippen LogP contribution in [-0.4, -0.2) is 74.3 Å². The Kier molecular flexibility index (Phi) is 60.6. The number of phosphoric ester groups is 1. The summed E-state index contributed by atoms with van der Waals surface area (Å²) in [5.41, 5.74) is 0. The van der Waals surface area contributed by atoms with Crippen molar-refractivity contribution in [2.24, 2.45) is 0 Å². The molecule has 0 bridgehead atoms. The van der Waals surface area contributed by atoms with E-state index >= 15 is 0 Å². The van der Waals surface area contributed by atoms with Crippen molar-refractivity contribution in [3.8, 4) is 0 Å². The zero-order chi connectivity index (χ0) is 60.7. The summed E-state index contributed by atoms with van der Waals surface area (Å²) in [4.78, 5) is 37.9. The molecular weight excluding hydrogens is 1050 g/mol. The van der Waals surface area contributed by atoms with Crippen molar-refractivity contribution < 1.29 is 37.3 Å². The number of allylic oxidation sites excluding steroid dienone is 11. The highest BCUT2D eigenvalue weighted by Crippen LogP contribution is 2.43. The first-order valence-electron chi connectivity index (χ1n) is 35.3. The Bertz CT molecular complexity index is 1650. The minimum atomic E-state index is -4.46. The molecule has 0 spiro atoms. The van der Waals surface area contributed by atoms with E-state index in [1.807, 2.05) is 33.3 Å². The average Bonchev–Trinajstić information content (AvgIpc) is 3.51. The number of hydrogen-bond donors (Lipinski definition) is 2. The van der Waals surface area contributed by atoms with Crippen molar-refractivity contribution in [2.75, 3.05) is 40.9 Å². The molecule has 0 fully saturated rings. The maximum Gasteiger partial charge on any atom is 0.472 e. The van der Waals surface area contributed by atoms with E-state index in [4.69, 9.17) is 13.8 Å². The number of esters is 1. The number of ether oxygens (including phenoxy) is 1.